The third kappa shape index (κ3) is 3.20. The van der Waals surface area contributed by atoms with Gasteiger partial charge in [0.1, 0.15) is 0 Å². The Bertz CT molecular complexity index is 1990. The van der Waals surface area contributed by atoms with Gasteiger partial charge in [-0.1, -0.05) is 0 Å². The van der Waals surface area contributed by atoms with Crippen molar-refractivity contribution >= 4 is 101 Å². The van der Waals surface area contributed by atoms with Gasteiger partial charge in [0.25, 0.3) is 0 Å². The molecule has 0 bridgehead atoms. The molecule has 0 saturated heterocycles. The number of hydrogen-bond acceptors (Lipinski definition) is 2. The van der Waals surface area contributed by atoms with E-state index in [1.807, 2.05) is 46.9 Å². The molecular weight excluding hydrogens is 620 g/mol. The van der Waals surface area contributed by atoms with Crippen molar-refractivity contribution in [3.8, 4) is 20.0 Å². The Morgan fingerprint density at radius 1 is 0.528 bits per heavy atom. The summed E-state index contributed by atoms with van der Waals surface area (Å²) in [6.45, 7) is 0. The standard InChI is InChI=1S/C30H14F2S2Se2/c31-21-7-3-1-5-17(21)27-11-15-9-19-23(13-25(15)35-27)33-30-20-10-16-12-28(18-6-2-4-8-22(18)32)36-26(16)14-24(20)34-29(19)30/h1-14H. The van der Waals surface area contributed by atoms with Crippen LogP contribution in [-0.4, -0.2) is 29.0 Å². The Labute approximate surface area is 224 Å². The molecule has 8 rings (SSSR count). The molecule has 0 N–H and O–H groups in total. The van der Waals surface area contributed by atoms with Crippen molar-refractivity contribution in [2.24, 2.45) is 0 Å². The molecule has 4 aromatic heterocycles. The Balaban J connectivity index is 1.31. The second kappa shape index (κ2) is 7.97. The molecule has 0 aliphatic carbocycles. The van der Waals surface area contributed by atoms with Crippen LogP contribution < -0.4 is 0 Å². The normalized spacial score (nSPS) is 12.2. The van der Waals surface area contributed by atoms with Gasteiger partial charge in [-0.05, 0) is 0 Å². The summed E-state index contributed by atoms with van der Waals surface area (Å²) >= 11 is 3.91. The zero-order valence-electron chi connectivity index (χ0n) is 18.5. The van der Waals surface area contributed by atoms with Crippen molar-refractivity contribution in [3.05, 3.63) is 96.6 Å². The maximum absolute atomic E-state index is 14.4. The van der Waals surface area contributed by atoms with Gasteiger partial charge < -0.3 is 0 Å². The topological polar surface area (TPSA) is 0 Å². The van der Waals surface area contributed by atoms with E-state index in [1.54, 1.807) is 24.3 Å². The summed E-state index contributed by atoms with van der Waals surface area (Å²) in [6, 6.07) is 27.8. The van der Waals surface area contributed by atoms with Crippen LogP contribution in [-0.2, 0) is 0 Å². The van der Waals surface area contributed by atoms with Crippen LogP contribution in [0.3, 0.4) is 0 Å². The summed E-state index contributed by atoms with van der Waals surface area (Å²) in [5, 5.41) is 5.04. The SMILES string of the molecule is Fc1ccccc1-c1cc2cc3c(cc2[se]1)sc1c2cc4cc(-c5ccccc5F)[se]c4cc2sc31. The van der Waals surface area contributed by atoms with Crippen molar-refractivity contribution in [2.45, 2.75) is 0 Å². The molecule has 4 aromatic carbocycles. The van der Waals surface area contributed by atoms with Crippen LogP contribution in [0.5, 0.6) is 0 Å². The van der Waals surface area contributed by atoms with Gasteiger partial charge in [-0.2, -0.15) is 0 Å². The predicted molar refractivity (Wildman–Crippen MR) is 154 cm³/mol. The molecule has 172 valence electrons. The van der Waals surface area contributed by atoms with Crippen LogP contribution in [0.4, 0.5) is 8.78 Å². The van der Waals surface area contributed by atoms with E-state index in [2.05, 4.69) is 36.4 Å². The molecule has 0 spiro atoms. The summed E-state index contributed by atoms with van der Waals surface area (Å²) in [5.74, 6) is -0.289. The van der Waals surface area contributed by atoms with Gasteiger partial charge in [-0.25, -0.2) is 0 Å². The van der Waals surface area contributed by atoms with E-state index in [9.17, 15) is 8.78 Å². The third-order valence-electron chi connectivity index (χ3n) is 6.64. The molecule has 0 unspecified atom stereocenters. The monoisotopic (exact) mass is 636 g/mol. The zero-order valence-corrected chi connectivity index (χ0v) is 23.5. The van der Waals surface area contributed by atoms with E-state index in [0.29, 0.717) is 0 Å². The molecule has 0 aliphatic rings. The van der Waals surface area contributed by atoms with E-state index in [4.69, 9.17) is 0 Å². The number of benzene rings is 4. The third-order valence-corrected chi connectivity index (χ3v) is 13.9. The quantitative estimate of drug-likeness (QED) is 0.166. The maximum atomic E-state index is 14.4. The van der Waals surface area contributed by atoms with E-state index in [-0.39, 0.29) is 40.6 Å². The van der Waals surface area contributed by atoms with Gasteiger partial charge in [0.2, 0.25) is 0 Å². The molecule has 6 heteroatoms. The minimum atomic E-state index is -0.144. The van der Waals surface area contributed by atoms with Gasteiger partial charge >= 0.3 is 226 Å². The molecule has 4 heterocycles. The second-order valence-corrected chi connectivity index (χ2v) is 15.5. The van der Waals surface area contributed by atoms with Crippen molar-refractivity contribution in [1.29, 1.82) is 0 Å². The van der Waals surface area contributed by atoms with Crippen LogP contribution in [0.15, 0.2) is 84.9 Å². The average Bonchev–Trinajstić information content (AvgIpc) is 3.63. The number of halogens is 2. The molecule has 0 aliphatic heterocycles. The fourth-order valence-corrected chi connectivity index (χ4v) is 12.6. The van der Waals surface area contributed by atoms with Crippen LogP contribution in [0, 0.1) is 11.6 Å². The summed E-state index contributed by atoms with van der Waals surface area (Å²) < 4.78 is 38.9. The zero-order chi connectivity index (χ0) is 24.0. The van der Waals surface area contributed by atoms with Crippen LogP contribution >= 0.6 is 22.7 Å². The summed E-state index contributed by atoms with van der Waals surface area (Å²) in [7, 11) is 0. The molecule has 8 aromatic rings. The van der Waals surface area contributed by atoms with Crippen LogP contribution in [0.1, 0.15) is 0 Å². The molecule has 0 saturated carbocycles. The van der Waals surface area contributed by atoms with Crippen molar-refractivity contribution in [1.82, 2.24) is 0 Å². The van der Waals surface area contributed by atoms with Gasteiger partial charge in [-0.3, -0.25) is 0 Å². The van der Waals surface area contributed by atoms with E-state index in [0.717, 1.165) is 20.0 Å². The second-order valence-electron chi connectivity index (χ2n) is 8.82. The van der Waals surface area contributed by atoms with Crippen molar-refractivity contribution in [3.63, 3.8) is 0 Å². The van der Waals surface area contributed by atoms with Gasteiger partial charge in [0.05, 0.1) is 0 Å². The number of thiophene rings is 2. The van der Waals surface area contributed by atoms with Gasteiger partial charge in [0.15, 0.2) is 0 Å². The van der Waals surface area contributed by atoms with Crippen LogP contribution in [0.2, 0.25) is 0 Å². The van der Waals surface area contributed by atoms with E-state index in [1.165, 1.54) is 48.9 Å². The summed E-state index contributed by atoms with van der Waals surface area (Å²) in [4.78, 5) is 0. The summed E-state index contributed by atoms with van der Waals surface area (Å²) in [6.07, 6.45) is 0. The molecular formula is C30H14F2S2Se2. The Morgan fingerprint density at radius 2 is 0.972 bits per heavy atom. The molecule has 0 fully saturated rings. The first-order valence-corrected chi connectivity index (χ1v) is 16.4. The number of hydrogen-bond donors (Lipinski definition) is 0. The van der Waals surface area contributed by atoms with E-state index < -0.39 is 0 Å². The van der Waals surface area contributed by atoms with E-state index >= 15 is 0 Å². The van der Waals surface area contributed by atoms with Crippen molar-refractivity contribution < 1.29 is 8.78 Å². The Morgan fingerprint density at radius 3 is 1.42 bits per heavy atom. The first-order chi connectivity index (χ1) is 17.6. The molecule has 0 nitrogen and oxygen atoms in total. The average molecular weight is 634 g/mol. The van der Waals surface area contributed by atoms with Crippen molar-refractivity contribution in [2.75, 3.05) is 0 Å². The van der Waals surface area contributed by atoms with Gasteiger partial charge in [0, 0.05) is 0 Å². The molecule has 36 heavy (non-hydrogen) atoms. The van der Waals surface area contributed by atoms with Gasteiger partial charge in [-0.15, -0.1) is 0 Å². The molecule has 0 atom stereocenters. The number of rotatable bonds is 2. The Kier molecular flexibility index (Phi) is 4.76. The minimum absolute atomic E-state index is 0.0992. The molecule has 0 amide bonds. The molecule has 0 radical (unpaired) electrons. The first kappa shape index (κ1) is 21.5. The Hall–Kier alpha value is -2.56. The fourth-order valence-electron chi connectivity index (χ4n) is 4.92. The fraction of sp³-hybridized carbons (Fsp3) is 0. The summed E-state index contributed by atoms with van der Waals surface area (Å²) in [5.41, 5.74) is 1.45. The van der Waals surface area contributed by atoms with Crippen LogP contribution in [0.25, 0.3) is 68.9 Å². The first-order valence-electron chi connectivity index (χ1n) is 11.4. The predicted octanol–water partition coefficient (Wildman–Crippen LogP) is 9.30. The number of fused-ring (bicyclic) bond motifs is 7.